The molecule has 1 saturated heterocycles. The van der Waals surface area contributed by atoms with Gasteiger partial charge in [-0.05, 0) is 37.1 Å². The maximum atomic E-state index is 9.12. The molecule has 2 N–H and O–H groups in total. The zero-order chi connectivity index (χ0) is 10.5. The number of hydrogen-bond acceptors (Lipinski definition) is 3. The quantitative estimate of drug-likeness (QED) is 0.792. The summed E-state index contributed by atoms with van der Waals surface area (Å²) in [5.41, 5.74) is 1.11. The molecular formula is C12H17NO2. The van der Waals surface area contributed by atoms with Crippen LogP contribution in [0.1, 0.15) is 18.4 Å². The molecule has 0 radical (unpaired) electrons. The van der Waals surface area contributed by atoms with Crippen molar-refractivity contribution >= 4 is 0 Å². The zero-order valence-corrected chi connectivity index (χ0v) is 8.78. The first kappa shape index (κ1) is 10.5. The Morgan fingerprint density at radius 2 is 2.13 bits per heavy atom. The minimum atomic E-state index is 0.304. The van der Waals surface area contributed by atoms with E-state index in [0.717, 1.165) is 25.1 Å². The van der Waals surface area contributed by atoms with Gasteiger partial charge in [0, 0.05) is 6.54 Å². The highest BCUT2D eigenvalue weighted by Crippen LogP contribution is 2.13. The molecule has 0 spiro atoms. The van der Waals surface area contributed by atoms with Crippen LogP contribution in [0.5, 0.6) is 5.75 Å². The first-order valence-corrected chi connectivity index (χ1v) is 5.45. The highest BCUT2D eigenvalue weighted by atomic mass is 16.5. The van der Waals surface area contributed by atoms with Gasteiger partial charge in [-0.2, -0.15) is 0 Å². The van der Waals surface area contributed by atoms with Gasteiger partial charge in [0.05, 0.1) is 12.7 Å². The molecule has 0 bridgehead atoms. The summed E-state index contributed by atoms with van der Waals surface area (Å²) in [6, 6.07) is 7.17. The van der Waals surface area contributed by atoms with Crippen LogP contribution in [0.25, 0.3) is 0 Å². The van der Waals surface area contributed by atoms with Gasteiger partial charge in [-0.25, -0.2) is 0 Å². The van der Waals surface area contributed by atoms with E-state index in [1.807, 2.05) is 12.1 Å². The van der Waals surface area contributed by atoms with Crippen LogP contribution in [0.3, 0.4) is 0 Å². The summed E-state index contributed by atoms with van der Waals surface area (Å²) < 4.78 is 5.76. The van der Waals surface area contributed by atoms with Crippen LogP contribution in [-0.2, 0) is 11.3 Å². The normalized spacial score (nSPS) is 21.5. The van der Waals surface area contributed by atoms with Crippen LogP contribution in [0.4, 0.5) is 0 Å². The summed E-state index contributed by atoms with van der Waals surface area (Å²) in [5.74, 6) is 0.304. The molecule has 0 aromatic heterocycles. The number of phenols is 1. The predicted molar refractivity (Wildman–Crippen MR) is 58.8 cm³/mol. The van der Waals surface area contributed by atoms with Crippen LogP contribution in [0, 0.1) is 0 Å². The van der Waals surface area contributed by atoms with E-state index in [1.54, 1.807) is 12.1 Å². The molecule has 3 heteroatoms. The molecule has 1 aliphatic heterocycles. The molecule has 1 aliphatic rings. The molecule has 1 heterocycles. The SMILES string of the molecule is Oc1ccc(COC2CCCNC2)cc1. The van der Waals surface area contributed by atoms with Crippen LogP contribution in [0.15, 0.2) is 24.3 Å². The van der Waals surface area contributed by atoms with Crippen molar-refractivity contribution in [1.29, 1.82) is 0 Å². The van der Waals surface area contributed by atoms with Crippen LogP contribution in [-0.4, -0.2) is 24.3 Å². The van der Waals surface area contributed by atoms with Gasteiger partial charge in [0.1, 0.15) is 5.75 Å². The molecule has 1 unspecified atom stereocenters. The van der Waals surface area contributed by atoms with Crippen molar-refractivity contribution in [3.63, 3.8) is 0 Å². The number of nitrogens with one attached hydrogen (secondary N) is 1. The van der Waals surface area contributed by atoms with Gasteiger partial charge in [-0.3, -0.25) is 0 Å². The standard InChI is InChI=1S/C12H17NO2/c14-11-5-3-10(4-6-11)9-15-12-2-1-7-13-8-12/h3-6,12-14H,1-2,7-9H2. The Balaban J connectivity index is 1.79. The lowest BCUT2D eigenvalue weighted by atomic mass is 10.1. The Labute approximate surface area is 90.1 Å². The maximum absolute atomic E-state index is 9.12. The monoisotopic (exact) mass is 207 g/mol. The highest BCUT2D eigenvalue weighted by molar-refractivity contribution is 5.25. The Morgan fingerprint density at radius 1 is 1.33 bits per heavy atom. The van der Waals surface area contributed by atoms with Gasteiger partial charge in [-0.1, -0.05) is 12.1 Å². The molecule has 1 atom stereocenters. The first-order chi connectivity index (χ1) is 7.34. The van der Waals surface area contributed by atoms with Crippen molar-refractivity contribution in [3.05, 3.63) is 29.8 Å². The van der Waals surface area contributed by atoms with Gasteiger partial charge in [0.25, 0.3) is 0 Å². The summed E-state index contributed by atoms with van der Waals surface area (Å²) in [7, 11) is 0. The lowest BCUT2D eigenvalue weighted by molar-refractivity contribution is 0.0253. The summed E-state index contributed by atoms with van der Waals surface area (Å²) in [6.45, 7) is 2.70. The molecule has 1 aromatic rings. The van der Waals surface area contributed by atoms with Crippen molar-refractivity contribution in [3.8, 4) is 5.75 Å². The van der Waals surface area contributed by atoms with E-state index in [-0.39, 0.29) is 0 Å². The van der Waals surface area contributed by atoms with Crippen molar-refractivity contribution in [2.45, 2.75) is 25.6 Å². The fraction of sp³-hybridized carbons (Fsp3) is 0.500. The average Bonchev–Trinajstić information content (AvgIpc) is 2.30. The third-order valence-corrected chi connectivity index (χ3v) is 2.67. The van der Waals surface area contributed by atoms with E-state index in [4.69, 9.17) is 9.84 Å². The van der Waals surface area contributed by atoms with E-state index in [0.29, 0.717) is 18.5 Å². The Bertz CT molecular complexity index is 291. The van der Waals surface area contributed by atoms with Crippen molar-refractivity contribution in [2.24, 2.45) is 0 Å². The minimum absolute atomic E-state index is 0.304. The highest BCUT2D eigenvalue weighted by Gasteiger charge is 2.12. The number of phenolic OH excluding ortho intramolecular Hbond substituents is 1. The van der Waals surface area contributed by atoms with Crippen molar-refractivity contribution in [2.75, 3.05) is 13.1 Å². The lowest BCUT2D eigenvalue weighted by Crippen LogP contribution is -2.35. The molecular weight excluding hydrogens is 190 g/mol. The number of piperidine rings is 1. The van der Waals surface area contributed by atoms with Gasteiger partial charge in [0.15, 0.2) is 0 Å². The van der Waals surface area contributed by atoms with Crippen LogP contribution >= 0.6 is 0 Å². The fourth-order valence-electron chi connectivity index (χ4n) is 1.77. The van der Waals surface area contributed by atoms with Gasteiger partial charge in [-0.15, -0.1) is 0 Å². The fourth-order valence-corrected chi connectivity index (χ4v) is 1.77. The topological polar surface area (TPSA) is 41.5 Å². The predicted octanol–water partition coefficient (Wildman–Crippen LogP) is 1.66. The first-order valence-electron chi connectivity index (χ1n) is 5.45. The minimum Gasteiger partial charge on any atom is -0.508 e. The summed E-state index contributed by atoms with van der Waals surface area (Å²) in [4.78, 5) is 0. The van der Waals surface area contributed by atoms with E-state index in [1.165, 1.54) is 6.42 Å². The summed E-state index contributed by atoms with van der Waals surface area (Å²) in [5, 5.41) is 12.4. The van der Waals surface area contributed by atoms with Crippen molar-refractivity contribution < 1.29 is 9.84 Å². The Hall–Kier alpha value is -1.06. The molecule has 1 fully saturated rings. The average molecular weight is 207 g/mol. The Kier molecular flexibility index (Phi) is 3.59. The van der Waals surface area contributed by atoms with Gasteiger partial charge < -0.3 is 15.2 Å². The smallest absolute Gasteiger partial charge is 0.115 e. The molecule has 0 saturated carbocycles. The zero-order valence-electron chi connectivity index (χ0n) is 8.78. The number of rotatable bonds is 3. The molecule has 0 amide bonds. The largest absolute Gasteiger partial charge is 0.508 e. The molecule has 82 valence electrons. The second-order valence-electron chi connectivity index (χ2n) is 3.95. The molecule has 0 aliphatic carbocycles. The Morgan fingerprint density at radius 3 is 2.80 bits per heavy atom. The number of hydrogen-bond donors (Lipinski definition) is 2. The van der Waals surface area contributed by atoms with E-state index in [2.05, 4.69) is 5.32 Å². The maximum Gasteiger partial charge on any atom is 0.115 e. The summed E-state index contributed by atoms with van der Waals surface area (Å²) in [6.07, 6.45) is 2.68. The second-order valence-corrected chi connectivity index (χ2v) is 3.95. The van der Waals surface area contributed by atoms with E-state index < -0.39 is 0 Å². The van der Waals surface area contributed by atoms with Crippen molar-refractivity contribution in [1.82, 2.24) is 5.32 Å². The number of ether oxygens (including phenoxy) is 1. The third kappa shape index (κ3) is 3.22. The molecule has 2 rings (SSSR count). The summed E-state index contributed by atoms with van der Waals surface area (Å²) >= 11 is 0. The van der Waals surface area contributed by atoms with E-state index in [9.17, 15) is 0 Å². The van der Waals surface area contributed by atoms with E-state index >= 15 is 0 Å². The number of benzene rings is 1. The van der Waals surface area contributed by atoms with Gasteiger partial charge in [0.2, 0.25) is 0 Å². The number of aromatic hydroxyl groups is 1. The molecule has 3 nitrogen and oxygen atoms in total. The van der Waals surface area contributed by atoms with Crippen LogP contribution < -0.4 is 5.32 Å². The van der Waals surface area contributed by atoms with Crippen LogP contribution in [0.2, 0.25) is 0 Å². The second kappa shape index (κ2) is 5.14. The lowest BCUT2D eigenvalue weighted by Gasteiger charge is -2.23. The molecule has 1 aromatic carbocycles. The van der Waals surface area contributed by atoms with Gasteiger partial charge >= 0.3 is 0 Å². The third-order valence-electron chi connectivity index (χ3n) is 2.67. The molecule has 15 heavy (non-hydrogen) atoms.